The standard InChI is InChI=1S/C50H32/c1-2-12-38-30-39(27-24-33(38)10-1)34-20-22-35(23-21-34)40-28-25-36-26-29-41(32-42(36)31-40)49-45-15-5-7-17-47(45)50(48-18-8-6-16-46(48)49)44-19-9-13-37-11-3-4-14-43(37)44/h1-32H. The van der Waals surface area contributed by atoms with Crippen LogP contribution in [0.25, 0.3) is 98.4 Å². The smallest absolute Gasteiger partial charge is 0.00201 e. The van der Waals surface area contributed by atoms with Gasteiger partial charge >= 0.3 is 0 Å². The molecule has 10 aromatic carbocycles. The van der Waals surface area contributed by atoms with E-state index in [2.05, 4.69) is 194 Å². The molecular formula is C50H32. The van der Waals surface area contributed by atoms with Crippen molar-refractivity contribution in [3.05, 3.63) is 194 Å². The molecule has 0 heteroatoms. The zero-order valence-electron chi connectivity index (χ0n) is 27.5. The summed E-state index contributed by atoms with van der Waals surface area (Å²) in [6.45, 7) is 0. The molecule has 0 aromatic heterocycles. The van der Waals surface area contributed by atoms with E-state index in [4.69, 9.17) is 0 Å². The molecule has 0 radical (unpaired) electrons. The molecule has 0 N–H and O–H groups in total. The highest BCUT2D eigenvalue weighted by molar-refractivity contribution is 6.23. The summed E-state index contributed by atoms with van der Waals surface area (Å²) in [5.74, 6) is 0. The summed E-state index contributed by atoms with van der Waals surface area (Å²) in [5, 5.41) is 12.7. The number of benzene rings is 10. The number of hydrogen-bond donors (Lipinski definition) is 0. The maximum atomic E-state index is 2.38. The van der Waals surface area contributed by atoms with E-state index in [1.807, 2.05) is 0 Å². The van der Waals surface area contributed by atoms with Gasteiger partial charge in [0.2, 0.25) is 0 Å². The average Bonchev–Trinajstić information content (AvgIpc) is 3.19. The van der Waals surface area contributed by atoms with Crippen LogP contribution in [0.2, 0.25) is 0 Å². The Morgan fingerprint density at radius 2 is 0.600 bits per heavy atom. The number of fused-ring (bicyclic) bond motifs is 5. The van der Waals surface area contributed by atoms with Gasteiger partial charge in [0.05, 0.1) is 0 Å². The Morgan fingerprint density at radius 1 is 0.200 bits per heavy atom. The van der Waals surface area contributed by atoms with Crippen molar-refractivity contribution >= 4 is 53.9 Å². The van der Waals surface area contributed by atoms with Gasteiger partial charge in [-0.05, 0) is 117 Å². The molecule has 0 atom stereocenters. The van der Waals surface area contributed by atoms with Crippen LogP contribution in [0, 0.1) is 0 Å². The van der Waals surface area contributed by atoms with E-state index < -0.39 is 0 Å². The molecule has 0 heterocycles. The van der Waals surface area contributed by atoms with Gasteiger partial charge in [0.15, 0.2) is 0 Å². The molecule has 232 valence electrons. The molecule has 0 saturated heterocycles. The van der Waals surface area contributed by atoms with Crippen molar-refractivity contribution in [2.24, 2.45) is 0 Å². The van der Waals surface area contributed by atoms with Gasteiger partial charge in [0.1, 0.15) is 0 Å². The molecule has 50 heavy (non-hydrogen) atoms. The maximum Gasteiger partial charge on any atom is -0.00201 e. The molecule has 0 nitrogen and oxygen atoms in total. The molecule has 0 bridgehead atoms. The Hall–Kier alpha value is -6.50. The first-order valence-corrected chi connectivity index (χ1v) is 17.3. The molecule has 0 amide bonds. The molecular weight excluding hydrogens is 601 g/mol. The Kier molecular flexibility index (Phi) is 6.60. The highest BCUT2D eigenvalue weighted by Crippen LogP contribution is 2.45. The van der Waals surface area contributed by atoms with Crippen molar-refractivity contribution in [3.8, 4) is 44.5 Å². The molecule has 0 spiro atoms. The largest absolute Gasteiger partial charge is 0.0616 e. The number of hydrogen-bond acceptors (Lipinski definition) is 0. The summed E-state index contributed by atoms with van der Waals surface area (Å²) in [5.41, 5.74) is 10.0. The molecule has 10 aromatic rings. The fourth-order valence-corrected chi connectivity index (χ4v) is 7.98. The Bertz CT molecular complexity index is 2850. The van der Waals surface area contributed by atoms with E-state index in [-0.39, 0.29) is 0 Å². The third-order valence-corrected chi connectivity index (χ3v) is 10.4. The minimum Gasteiger partial charge on any atom is -0.0616 e. The highest BCUT2D eigenvalue weighted by atomic mass is 14.2. The molecule has 10 rings (SSSR count). The lowest BCUT2D eigenvalue weighted by atomic mass is 9.84. The van der Waals surface area contributed by atoms with Crippen LogP contribution in [0.4, 0.5) is 0 Å². The Morgan fingerprint density at radius 3 is 1.22 bits per heavy atom. The minimum atomic E-state index is 1.22. The second kappa shape index (κ2) is 11.6. The summed E-state index contributed by atoms with van der Waals surface area (Å²) >= 11 is 0. The van der Waals surface area contributed by atoms with Crippen molar-refractivity contribution in [1.82, 2.24) is 0 Å². The average molecular weight is 633 g/mol. The van der Waals surface area contributed by atoms with Gasteiger partial charge in [-0.25, -0.2) is 0 Å². The van der Waals surface area contributed by atoms with Crippen LogP contribution in [0.5, 0.6) is 0 Å². The lowest BCUT2D eigenvalue weighted by Crippen LogP contribution is -1.91. The van der Waals surface area contributed by atoms with Crippen molar-refractivity contribution < 1.29 is 0 Å². The summed E-state index contributed by atoms with van der Waals surface area (Å²) in [6.07, 6.45) is 0. The molecule has 0 saturated carbocycles. The van der Waals surface area contributed by atoms with Gasteiger partial charge < -0.3 is 0 Å². The Balaban J connectivity index is 1.11. The van der Waals surface area contributed by atoms with Crippen molar-refractivity contribution in [3.63, 3.8) is 0 Å². The predicted octanol–water partition coefficient (Wildman–Crippen LogP) is 14.1. The summed E-state index contributed by atoms with van der Waals surface area (Å²) in [6, 6.07) is 71.3. The van der Waals surface area contributed by atoms with E-state index in [1.165, 1.54) is 98.4 Å². The lowest BCUT2D eigenvalue weighted by molar-refractivity contribution is 1.61. The maximum absolute atomic E-state index is 2.38. The van der Waals surface area contributed by atoms with E-state index >= 15 is 0 Å². The highest BCUT2D eigenvalue weighted by Gasteiger charge is 2.18. The lowest BCUT2D eigenvalue weighted by Gasteiger charge is -2.19. The topological polar surface area (TPSA) is 0 Å². The first-order chi connectivity index (χ1) is 24.8. The molecule has 0 aliphatic rings. The van der Waals surface area contributed by atoms with Crippen molar-refractivity contribution in [1.29, 1.82) is 0 Å². The first kappa shape index (κ1) is 28.5. The monoisotopic (exact) mass is 632 g/mol. The first-order valence-electron chi connectivity index (χ1n) is 17.3. The second-order valence-corrected chi connectivity index (χ2v) is 13.3. The van der Waals surface area contributed by atoms with E-state index in [1.54, 1.807) is 0 Å². The summed E-state index contributed by atoms with van der Waals surface area (Å²) < 4.78 is 0. The minimum absolute atomic E-state index is 1.22. The van der Waals surface area contributed by atoms with Crippen molar-refractivity contribution in [2.45, 2.75) is 0 Å². The van der Waals surface area contributed by atoms with Gasteiger partial charge in [-0.2, -0.15) is 0 Å². The van der Waals surface area contributed by atoms with Gasteiger partial charge in [0, 0.05) is 0 Å². The van der Waals surface area contributed by atoms with E-state index in [9.17, 15) is 0 Å². The summed E-state index contributed by atoms with van der Waals surface area (Å²) in [7, 11) is 0. The van der Waals surface area contributed by atoms with E-state index in [0.717, 1.165) is 0 Å². The van der Waals surface area contributed by atoms with Crippen LogP contribution >= 0.6 is 0 Å². The summed E-state index contributed by atoms with van der Waals surface area (Å²) in [4.78, 5) is 0. The fourth-order valence-electron chi connectivity index (χ4n) is 7.98. The fraction of sp³-hybridized carbons (Fsp3) is 0. The van der Waals surface area contributed by atoms with Crippen LogP contribution in [-0.4, -0.2) is 0 Å². The van der Waals surface area contributed by atoms with Crippen LogP contribution in [0.1, 0.15) is 0 Å². The SMILES string of the molecule is c1ccc2cc(-c3ccc(-c4ccc5ccc(-c6c7ccccc7c(-c7cccc8ccccc78)c7ccccc67)cc5c4)cc3)ccc2c1. The van der Waals surface area contributed by atoms with Gasteiger partial charge in [-0.15, -0.1) is 0 Å². The molecule has 0 unspecified atom stereocenters. The van der Waals surface area contributed by atoms with Crippen molar-refractivity contribution in [2.75, 3.05) is 0 Å². The van der Waals surface area contributed by atoms with Crippen LogP contribution in [-0.2, 0) is 0 Å². The van der Waals surface area contributed by atoms with Crippen LogP contribution in [0.15, 0.2) is 194 Å². The zero-order chi connectivity index (χ0) is 33.0. The normalized spacial score (nSPS) is 11.6. The molecule has 0 aliphatic carbocycles. The van der Waals surface area contributed by atoms with Gasteiger partial charge in [0.25, 0.3) is 0 Å². The van der Waals surface area contributed by atoms with E-state index in [0.29, 0.717) is 0 Å². The quantitative estimate of drug-likeness (QED) is 0.169. The molecule has 0 fully saturated rings. The third-order valence-electron chi connectivity index (χ3n) is 10.4. The number of rotatable bonds is 4. The van der Waals surface area contributed by atoms with Gasteiger partial charge in [-0.3, -0.25) is 0 Å². The predicted molar refractivity (Wildman–Crippen MR) is 216 cm³/mol. The van der Waals surface area contributed by atoms with Crippen LogP contribution in [0.3, 0.4) is 0 Å². The third kappa shape index (κ3) is 4.69. The van der Waals surface area contributed by atoms with Gasteiger partial charge in [-0.1, -0.05) is 176 Å². The molecule has 0 aliphatic heterocycles. The Labute approximate surface area is 291 Å². The van der Waals surface area contributed by atoms with Crippen LogP contribution < -0.4 is 0 Å². The second-order valence-electron chi connectivity index (χ2n) is 13.3. The zero-order valence-corrected chi connectivity index (χ0v) is 27.5.